The lowest BCUT2D eigenvalue weighted by Gasteiger charge is -2.27. The Kier molecular flexibility index (Phi) is 6.89. The number of hydrogen-bond donors (Lipinski definition) is 2. The molecule has 2 N–H and O–H groups in total. The quantitative estimate of drug-likeness (QED) is 0.479. The van der Waals surface area contributed by atoms with Gasteiger partial charge >= 0.3 is 5.97 Å². The topological polar surface area (TPSA) is 62.7 Å². The first-order valence-corrected chi connectivity index (χ1v) is 7.48. The molecule has 0 bridgehead atoms. The van der Waals surface area contributed by atoms with Gasteiger partial charge in [-0.3, -0.25) is 9.79 Å². The molecule has 0 aromatic heterocycles. The fourth-order valence-electron chi connectivity index (χ4n) is 2.05. The van der Waals surface area contributed by atoms with E-state index in [1.165, 1.54) is 12.7 Å². The number of methoxy groups -OCH3 is 1. The van der Waals surface area contributed by atoms with Gasteiger partial charge in [0.2, 0.25) is 0 Å². The van der Waals surface area contributed by atoms with Crippen LogP contribution >= 0.6 is 0 Å². The molecule has 5 heteroatoms. The van der Waals surface area contributed by atoms with Crippen LogP contribution < -0.4 is 10.6 Å². The normalized spacial score (nSPS) is 13.4. The van der Waals surface area contributed by atoms with Gasteiger partial charge in [0.15, 0.2) is 5.96 Å². The second-order valence-electron chi connectivity index (χ2n) is 5.98. The molecule has 0 aliphatic heterocycles. The van der Waals surface area contributed by atoms with E-state index in [1.54, 1.807) is 7.05 Å². The van der Waals surface area contributed by atoms with Gasteiger partial charge in [0.1, 0.15) is 0 Å². The van der Waals surface area contributed by atoms with Crippen LogP contribution in [0.4, 0.5) is 0 Å². The predicted octanol–water partition coefficient (Wildman–Crippen LogP) is 1.94. The Morgan fingerprint density at radius 2 is 1.91 bits per heavy atom. The molecule has 1 aromatic rings. The van der Waals surface area contributed by atoms with Crippen molar-refractivity contribution in [3.05, 3.63) is 35.9 Å². The van der Waals surface area contributed by atoms with Crippen LogP contribution in [0.2, 0.25) is 0 Å². The molecule has 0 amide bonds. The van der Waals surface area contributed by atoms with Gasteiger partial charge in [-0.25, -0.2) is 0 Å². The minimum Gasteiger partial charge on any atom is -0.469 e. The van der Waals surface area contributed by atoms with Gasteiger partial charge in [-0.05, 0) is 5.56 Å². The summed E-state index contributed by atoms with van der Waals surface area (Å²) in [5.74, 6) is 0.234. The highest BCUT2D eigenvalue weighted by molar-refractivity contribution is 5.80. The molecule has 0 aliphatic rings. The van der Waals surface area contributed by atoms with Crippen LogP contribution in [0, 0.1) is 5.92 Å². The molecule has 5 nitrogen and oxygen atoms in total. The first-order chi connectivity index (χ1) is 10.4. The third kappa shape index (κ3) is 5.39. The molecule has 0 aliphatic carbocycles. The van der Waals surface area contributed by atoms with Crippen molar-refractivity contribution in [2.45, 2.75) is 26.2 Å². The molecule has 0 fully saturated rings. The van der Waals surface area contributed by atoms with Crippen LogP contribution in [-0.2, 0) is 14.9 Å². The van der Waals surface area contributed by atoms with Crippen molar-refractivity contribution < 1.29 is 9.53 Å². The maximum absolute atomic E-state index is 11.4. The van der Waals surface area contributed by atoms with E-state index in [0.717, 1.165) is 6.54 Å². The Labute approximate surface area is 133 Å². The Hall–Kier alpha value is -2.04. The molecule has 1 aromatic carbocycles. The van der Waals surface area contributed by atoms with Gasteiger partial charge in [-0.15, -0.1) is 0 Å². The summed E-state index contributed by atoms with van der Waals surface area (Å²) in [6.45, 7) is 7.40. The Bertz CT molecular complexity index is 498. The zero-order valence-corrected chi connectivity index (χ0v) is 14.1. The Morgan fingerprint density at radius 3 is 2.45 bits per heavy atom. The fraction of sp³-hybridized carbons (Fsp3) is 0.529. The van der Waals surface area contributed by atoms with Crippen LogP contribution in [-0.4, -0.2) is 39.2 Å². The summed E-state index contributed by atoms with van der Waals surface area (Å²) in [5, 5.41) is 6.45. The Balaban J connectivity index is 2.52. The summed E-state index contributed by atoms with van der Waals surface area (Å²) >= 11 is 0. The summed E-state index contributed by atoms with van der Waals surface area (Å²) in [7, 11) is 3.11. The van der Waals surface area contributed by atoms with Gasteiger partial charge in [-0.2, -0.15) is 0 Å². The van der Waals surface area contributed by atoms with Crippen molar-refractivity contribution in [1.29, 1.82) is 0 Å². The maximum atomic E-state index is 11.4. The van der Waals surface area contributed by atoms with E-state index in [4.69, 9.17) is 4.74 Å². The standard InChI is InChI=1S/C17H27N3O2/c1-13(15(21)22-5)11-19-16(18-4)20-12-17(2,3)14-9-7-6-8-10-14/h6-10,13H,11-12H2,1-5H3,(H2,18,19,20). The zero-order valence-electron chi connectivity index (χ0n) is 14.1. The van der Waals surface area contributed by atoms with E-state index in [9.17, 15) is 4.79 Å². The first-order valence-electron chi connectivity index (χ1n) is 7.48. The van der Waals surface area contributed by atoms with Crippen molar-refractivity contribution >= 4 is 11.9 Å². The second kappa shape index (κ2) is 8.41. The minimum absolute atomic E-state index is 0.0210. The molecule has 1 rings (SSSR count). The average Bonchev–Trinajstić information content (AvgIpc) is 2.54. The highest BCUT2D eigenvalue weighted by Gasteiger charge is 2.21. The average molecular weight is 305 g/mol. The third-order valence-electron chi connectivity index (χ3n) is 3.66. The number of nitrogens with zero attached hydrogens (tertiary/aromatic N) is 1. The van der Waals surface area contributed by atoms with Gasteiger partial charge in [0.25, 0.3) is 0 Å². The summed E-state index contributed by atoms with van der Waals surface area (Å²) < 4.78 is 4.71. The van der Waals surface area contributed by atoms with Crippen molar-refractivity contribution in [3.8, 4) is 0 Å². The predicted molar refractivity (Wildman–Crippen MR) is 90.0 cm³/mol. The summed E-state index contributed by atoms with van der Waals surface area (Å²) in [6.07, 6.45) is 0. The number of carbonyl (C=O) groups excluding carboxylic acids is 1. The lowest BCUT2D eigenvalue weighted by molar-refractivity contribution is -0.144. The van der Waals surface area contributed by atoms with E-state index < -0.39 is 0 Å². The number of guanidine groups is 1. The number of esters is 1. The highest BCUT2D eigenvalue weighted by Crippen LogP contribution is 2.21. The van der Waals surface area contributed by atoms with Crippen molar-refractivity contribution in [3.63, 3.8) is 0 Å². The summed E-state index contributed by atoms with van der Waals surface area (Å²) in [4.78, 5) is 15.6. The van der Waals surface area contributed by atoms with Gasteiger partial charge in [0.05, 0.1) is 13.0 Å². The number of benzene rings is 1. The lowest BCUT2D eigenvalue weighted by atomic mass is 9.85. The van der Waals surface area contributed by atoms with E-state index >= 15 is 0 Å². The molecule has 22 heavy (non-hydrogen) atoms. The number of nitrogens with one attached hydrogen (secondary N) is 2. The van der Waals surface area contributed by atoms with Crippen LogP contribution in [0.3, 0.4) is 0 Å². The smallest absolute Gasteiger partial charge is 0.310 e. The molecule has 0 heterocycles. The molecular formula is C17H27N3O2. The number of carbonyl (C=O) groups is 1. The molecule has 1 atom stereocenters. The molecule has 0 radical (unpaired) electrons. The molecule has 0 saturated heterocycles. The number of rotatable bonds is 6. The third-order valence-corrected chi connectivity index (χ3v) is 3.66. The van der Waals surface area contributed by atoms with Crippen molar-refractivity contribution in [2.75, 3.05) is 27.2 Å². The number of ether oxygens (including phenoxy) is 1. The number of hydrogen-bond acceptors (Lipinski definition) is 3. The van der Waals surface area contributed by atoms with E-state index in [1.807, 2.05) is 25.1 Å². The highest BCUT2D eigenvalue weighted by atomic mass is 16.5. The first kappa shape index (κ1) is 18.0. The van der Waals surface area contributed by atoms with E-state index in [0.29, 0.717) is 12.5 Å². The van der Waals surface area contributed by atoms with Crippen molar-refractivity contribution in [2.24, 2.45) is 10.9 Å². The fourth-order valence-corrected chi connectivity index (χ4v) is 2.05. The molecule has 1 unspecified atom stereocenters. The molecule has 0 saturated carbocycles. The van der Waals surface area contributed by atoms with Gasteiger partial charge in [0, 0.05) is 25.6 Å². The van der Waals surface area contributed by atoms with Crippen LogP contribution in [0.5, 0.6) is 0 Å². The second-order valence-corrected chi connectivity index (χ2v) is 5.98. The van der Waals surface area contributed by atoms with E-state index in [-0.39, 0.29) is 17.3 Å². The van der Waals surface area contributed by atoms with E-state index in [2.05, 4.69) is 41.6 Å². The van der Waals surface area contributed by atoms with Gasteiger partial charge < -0.3 is 15.4 Å². The molecular weight excluding hydrogens is 278 g/mol. The molecule has 0 spiro atoms. The largest absolute Gasteiger partial charge is 0.469 e. The maximum Gasteiger partial charge on any atom is 0.310 e. The summed E-state index contributed by atoms with van der Waals surface area (Å²) in [6, 6.07) is 10.3. The monoisotopic (exact) mass is 305 g/mol. The van der Waals surface area contributed by atoms with Crippen LogP contribution in [0.1, 0.15) is 26.3 Å². The van der Waals surface area contributed by atoms with Crippen molar-refractivity contribution in [1.82, 2.24) is 10.6 Å². The van der Waals surface area contributed by atoms with Crippen LogP contribution in [0.25, 0.3) is 0 Å². The molecule has 122 valence electrons. The SMILES string of the molecule is CN=C(NCC(C)C(=O)OC)NCC(C)(C)c1ccccc1. The van der Waals surface area contributed by atoms with Gasteiger partial charge in [-0.1, -0.05) is 51.1 Å². The van der Waals surface area contributed by atoms with Crippen LogP contribution in [0.15, 0.2) is 35.3 Å². The Morgan fingerprint density at radius 1 is 1.27 bits per heavy atom. The minimum atomic E-state index is -0.229. The number of aliphatic imine (C=N–C) groups is 1. The zero-order chi connectivity index (χ0) is 16.6. The summed E-state index contributed by atoms with van der Waals surface area (Å²) in [5.41, 5.74) is 1.24. The lowest BCUT2D eigenvalue weighted by Crippen LogP contribution is -2.45.